The second kappa shape index (κ2) is 9.96. The molecule has 2 saturated heterocycles. The maximum absolute atomic E-state index is 13.7. The number of imide groups is 1. The number of nitrogens with zero attached hydrogens (tertiary/aromatic N) is 2. The molecule has 2 aromatic rings. The van der Waals surface area contributed by atoms with Gasteiger partial charge in [0.05, 0.1) is 18.1 Å². The number of likely N-dealkylation sites (tertiary alicyclic amines) is 1. The quantitative estimate of drug-likeness (QED) is 0.541. The molecule has 1 aromatic heterocycles. The van der Waals surface area contributed by atoms with Crippen molar-refractivity contribution in [3.8, 4) is 0 Å². The molecule has 7 heteroatoms. The molecule has 4 rings (SSSR count). The molecule has 0 saturated carbocycles. The Bertz CT molecular complexity index is 940. The van der Waals surface area contributed by atoms with Crippen LogP contribution in [0.5, 0.6) is 0 Å². The minimum atomic E-state index is -1.16. The highest BCUT2D eigenvalue weighted by Gasteiger charge is 2.54. The smallest absolute Gasteiger partial charge is 0.241 e. The van der Waals surface area contributed by atoms with Crippen LogP contribution in [0.15, 0.2) is 47.8 Å². The highest BCUT2D eigenvalue weighted by Crippen LogP contribution is 2.41. The minimum Gasteiger partial charge on any atom is -0.376 e. The standard InChI is InChI=1S/C25H30N2O4S/c1-2-12-26(17-20-10-6-13-31-20)22(28)15-25(19-8-4-3-5-9-19)16-23(29)27(24(25)30)18-21-11-7-14-32-21/h3-5,7-9,11,14,20H,2,6,10,12-13,15-18H2,1H3/t20-,25-/m0/s1. The zero-order valence-corrected chi connectivity index (χ0v) is 19.3. The molecule has 0 aliphatic carbocycles. The normalized spacial score (nSPS) is 23.2. The average molecular weight is 455 g/mol. The first-order valence-corrected chi connectivity index (χ1v) is 12.2. The van der Waals surface area contributed by atoms with Crippen molar-refractivity contribution in [1.82, 2.24) is 9.80 Å². The largest absolute Gasteiger partial charge is 0.376 e. The number of ether oxygens (including phenoxy) is 1. The monoisotopic (exact) mass is 454 g/mol. The van der Waals surface area contributed by atoms with Gasteiger partial charge in [-0.15, -0.1) is 11.3 Å². The van der Waals surface area contributed by atoms with E-state index in [4.69, 9.17) is 4.74 Å². The second-order valence-corrected chi connectivity index (χ2v) is 9.67. The minimum absolute atomic E-state index is 0.00472. The number of amides is 3. The van der Waals surface area contributed by atoms with Gasteiger partial charge in [-0.25, -0.2) is 0 Å². The number of hydrogen-bond donors (Lipinski definition) is 0. The van der Waals surface area contributed by atoms with Crippen LogP contribution in [0.25, 0.3) is 0 Å². The van der Waals surface area contributed by atoms with Crippen LogP contribution >= 0.6 is 11.3 Å². The summed E-state index contributed by atoms with van der Waals surface area (Å²) in [6, 6.07) is 13.1. The SMILES string of the molecule is CCCN(C[C@@H]1CCCO1)C(=O)C[C@@]1(c2ccccc2)CC(=O)N(Cc2cccs2)C1=O. The fraction of sp³-hybridized carbons (Fsp3) is 0.480. The third-order valence-corrected chi connectivity index (χ3v) is 7.24. The molecule has 0 bridgehead atoms. The molecule has 0 spiro atoms. The van der Waals surface area contributed by atoms with Gasteiger partial charge in [-0.2, -0.15) is 0 Å². The van der Waals surface area contributed by atoms with Crippen molar-refractivity contribution in [2.75, 3.05) is 19.7 Å². The lowest BCUT2D eigenvalue weighted by Crippen LogP contribution is -2.45. The van der Waals surface area contributed by atoms with Crippen LogP contribution in [-0.4, -0.2) is 53.3 Å². The van der Waals surface area contributed by atoms with Crippen molar-refractivity contribution < 1.29 is 19.1 Å². The Morgan fingerprint density at radius 2 is 2.03 bits per heavy atom. The van der Waals surface area contributed by atoms with E-state index in [1.807, 2.05) is 59.7 Å². The van der Waals surface area contributed by atoms with E-state index in [0.717, 1.165) is 36.3 Å². The lowest BCUT2D eigenvalue weighted by Gasteiger charge is -2.31. The molecule has 170 valence electrons. The molecular formula is C25H30N2O4S. The topological polar surface area (TPSA) is 66.9 Å². The van der Waals surface area contributed by atoms with Crippen LogP contribution in [0.1, 0.15) is 49.5 Å². The Morgan fingerprint density at radius 1 is 1.22 bits per heavy atom. The summed E-state index contributed by atoms with van der Waals surface area (Å²) >= 11 is 1.52. The third-order valence-electron chi connectivity index (χ3n) is 6.38. The summed E-state index contributed by atoms with van der Waals surface area (Å²) in [6.45, 7) is 4.18. The van der Waals surface area contributed by atoms with E-state index in [1.165, 1.54) is 16.2 Å². The van der Waals surface area contributed by atoms with E-state index in [2.05, 4.69) is 0 Å². The van der Waals surface area contributed by atoms with Crippen LogP contribution in [0.4, 0.5) is 0 Å². The maximum Gasteiger partial charge on any atom is 0.241 e. The molecule has 0 N–H and O–H groups in total. The molecule has 3 heterocycles. The van der Waals surface area contributed by atoms with E-state index in [9.17, 15) is 14.4 Å². The summed E-state index contributed by atoms with van der Waals surface area (Å²) in [6.07, 6.45) is 2.85. The van der Waals surface area contributed by atoms with Gasteiger partial charge in [0, 0.05) is 37.4 Å². The van der Waals surface area contributed by atoms with Gasteiger partial charge in [-0.1, -0.05) is 43.3 Å². The second-order valence-electron chi connectivity index (χ2n) is 8.64. The zero-order valence-electron chi connectivity index (χ0n) is 18.5. The van der Waals surface area contributed by atoms with Crippen LogP contribution in [-0.2, 0) is 31.1 Å². The fourth-order valence-corrected chi connectivity index (χ4v) is 5.43. The zero-order chi connectivity index (χ0) is 22.6. The number of carbonyl (C=O) groups excluding carboxylic acids is 3. The first-order valence-electron chi connectivity index (χ1n) is 11.4. The molecule has 3 amide bonds. The Balaban J connectivity index is 1.61. The molecular weight excluding hydrogens is 424 g/mol. The summed E-state index contributed by atoms with van der Waals surface area (Å²) in [4.78, 5) is 44.4. The molecule has 0 radical (unpaired) electrons. The van der Waals surface area contributed by atoms with Crippen molar-refractivity contribution >= 4 is 29.1 Å². The molecule has 2 aliphatic rings. The van der Waals surface area contributed by atoms with Gasteiger partial charge in [0.1, 0.15) is 0 Å². The van der Waals surface area contributed by atoms with Gasteiger partial charge in [-0.05, 0) is 36.3 Å². The summed E-state index contributed by atoms with van der Waals surface area (Å²) in [5, 5.41) is 1.93. The van der Waals surface area contributed by atoms with E-state index in [-0.39, 0.29) is 43.2 Å². The van der Waals surface area contributed by atoms with Crippen LogP contribution < -0.4 is 0 Å². The third kappa shape index (κ3) is 4.64. The summed E-state index contributed by atoms with van der Waals surface area (Å²) in [7, 11) is 0. The summed E-state index contributed by atoms with van der Waals surface area (Å²) in [5.41, 5.74) is -0.427. The van der Waals surface area contributed by atoms with Gasteiger partial charge in [0.15, 0.2) is 0 Å². The predicted molar refractivity (Wildman–Crippen MR) is 123 cm³/mol. The van der Waals surface area contributed by atoms with Gasteiger partial charge in [0.25, 0.3) is 0 Å². The predicted octanol–water partition coefficient (Wildman–Crippen LogP) is 3.75. The van der Waals surface area contributed by atoms with E-state index in [0.29, 0.717) is 13.1 Å². The summed E-state index contributed by atoms with van der Waals surface area (Å²) < 4.78 is 5.75. The van der Waals surface area contributed by atoms with Crippen molar-refractivity contribution in [1.29, 1.82) is 0 Å². The van der Waals surface area contributed by atoms with E-state index >= 15 is 0 Å². The lowest BCUT2D eigenvalue weighted by molar-refractivity contribution is -0.143. The highest BCUT2D eigenvalue weighted by atomic mass is 32.1. The van der Waals surface area contributed by atoms with Crippen LogP contribution in [0.2, 0.25) is 0 Å². The van der Waals surface area contributed by atoms with Gasteiger partial charge in [0.2, 0.25) is 17.7 Å². The first-order chi connectivity index (χ1) is 15.5. The van der Waals surface area contributed by atoms with Crippen molar-refractivity contribution in [2.45, 2.75) is 57.1 Å². The molecule has 1 aromatic carbocycles. The molecule has 2 aliphatic heterocycles. The molecule has 2 atom stereocenters. The molecule has 2 fully saturated rings. The lowest BCUT2D eigenvalue weighted by atomic mass is 9.75. The van der Waals surface area contributed by atoms with Crippen molar-refractivity contribution in [3.63, 3.8) is 0 Å². The van der Waals surface area contributed by atoms with Gasteiger partial charge in [-0.3, -0.25) is 19.3 Å². The molecule has 6 nitrogen and oxygen atoms in total. The number of thiophene rings is 1. The van der Waals surface area contributed by atoms with Gasteiger partial charge < -0.3 is 9.64 Å². The Kier molecular flexibility index (Phi) is 7.06. The molecule has 32 heavy (non-hydrogen) atoms. The highest BCUT2D eigenvalue weighted by molar-refractivity contribution is 7.09. The molecule has 0 unspecified atom stereocenters. The van der Waals surface area contributed by atoms with E-state index < -0.39 is 5.41 Å². The summed E-state index contributed by atoms with van der Waals surface area (Å²) in [5.74, 6) is -0.587. The van der Waals surface area contributed by atoms with Gasteiger partial charge >= 0.3 is 0 Å². The number of carbonyl (C=O) groups is 3. The fourth-order valence-electron chi connectivity index (χ4n) is 4.73. The Labute approximate surface area is 193 Å². The average Bonchev–Trinajstić information content (AvgIpc) is 3.54. The first kappa shape index (κ1) is 22.7. The van der Waals surface area contributed by atoms with E-state index in [1.54, 1.807) is 0 Å². The number of benzene rings is 1. The Morgan fingerprint density at radius 3 is 2.69 bits per heavy atom. The maximum atomic E-state index is 13.7. The van der Waals surface area contributed by atoms with Crippen molar-refractivity contribution in [2.24, 2.45) is 0 Å². The Hall–Kier alpha value is -2.51. The number of hydrogen-bond acceptors (Lipinski definition) is 5. The number of rotatable bonds is 9. The van der Waals surface area contributed by atoms with Crippen LogP contribution in [0.3, 0.4) is 0 Å². The van der Waals surface area contributed by atoms with Crippen LogP contribution in [0, 0.1) is 0 Å². The van der Waals surface area contributed by atoms with Crippen molar-refractivity contribution in [3.05, 3.63) is 58.3 Å².